The van der Waals surface area contributed by atoms with Crippen molar-refractivity contribution in [3.63, 3.8) is 0 Å². The van der Waals surface area contributed by atoms with Crippen LogP contribution < -0.4 is 10.2 Å². The quantitative estimate of drug-likeness (QED) is 0.477. The molecule has 0 aliphatic heterocycles. The van der Waals surface area contributed by atoms with E-state index in [4.69, 9.17) is 5.10 Å². The molecule has 0 spiro atoms. The number of aromatic nitrogens is 3. The molecule has 2 heterocycles. The molecular formula is C23H26F3N5. The number of pyridine rings is 1. The van der Waals surface area contributed by atoms with Crippen LogP contribution >= 0.6 is 0 Å². The average molecular weight is 429 g/mol. The zero-order chi connectivity index (χ0) is 22.6. The summed E-state index contributed by atoms with van der Waals surface area (Å²) in [4.78, 5) is 6.68. The zero-order valence-corrected chi connectivity index (χ0v) is 17.7. The van der Waals surface area contributed by atoms with E-state index in [1.165, 1.54) is 12.1 Å². The molecule has 0 aliphatic rings. The topological polar surface area (TPSA) is 46.0 Å². The molecular weight excluding hydrogens is 403 g/mol. The van der Waals surface area contributed by atoms with E-state index in [1.807, 2.05) is 13.1 Å². The lowest BCUT2D eigenvalue weighted by atomic mass is 10.1. The Morgan fingerprint density at radius 2 is 1.94 bits per heavy atom. The van der Waals surface area contributed by atoms with E-state index in [2.05, 4.69) is 35.3 Å². The first kappa shape index (κ1) is 22.4. The fourth-order valence-electron chi connectivity index (χ4n) is 3.43. The van der Waals surface area contributed by atoms with E-state index in [-0.39, 0.29) is 5.56 Å². The van der Waals surface area contributed by atoms with Gasteiger partial charge in [-0.2, -0.15) is 18.3 Å². The Hall–Kier alpha value is -3.29. The van der Waals surface area contributed by atoms with Gasteiger partial charge >= 0.3 is 6.18 Å². The van der Waals surface area contributed by atoms with Crippen LogP contribution in [0.1, 0.15) is 24.6 Å². The van der Waals surface area contributed by atoms with E-state index in [9.17, 15) is 13.2 Å². The van der Waals surface area contributed by atoms with Crippen molar-refractivity contribution >= 4 is 16.7 Å². The van der Waals surface area contributed by atoms with Crippen LogP contribution in [0.2, 0.25) is 0 Å². The van der Waals surface area contributed by atoms with E-state index in [1.54, 1.807) is 29.1 Å². The number of benzene rings is 1. The van der Waals surface area contributed by atoms with Gasteiger partial charge in [-0.15, -0.1) is 0 Å². The van der Waals surface area contributed by atoms with Crippen molar-refractivity contribution < 1.29 is 13.2 Å². The van der Waals surface area contributed by atoms with Crippen molar-refractivity contribution in [2.45, 2.75) is 32.5 Å². The summed E-state index contributed by atoms with van der Waals surface area (Å²) in [5.74, 6) is 0. The van der Waals surface area contributed by atoms with Crippen LogP contribution in [-0.4, -0.2) is 34.5 Å². The molecule has 0 radical (unpaired) electrons. The van der Waals surface area contributed by atoms with Gasteiger partial charge in [0.05, 0.1) is 35.4 Å². The molecule has 1 aromatic carbocycles. The maximum Gasteiger partial charge on any atom is 0.393 e. The van der Waals surface area contributed by atoms with Gasteiger partial charge in [0.1, 0.15) is 0 Å². The molecule has 31 heavy (non-hydrogen) atoms. The Morgan fingerprint density at radius 3 is 2.55 bits per heavy atom. The Balaban J connectivity index is 2.08. The molecule has 3 rings (SSSR count). The number of fused-ring (bicyclic) bond motifs is 1. The van der Waals surface area contributed by atoms with Crippen molar-refractivity contribution in [1.82, 2.24) is 20.1 Å². The summed E-state index contributed by atoms with van der Waals surface area (Å²) in [6, 6.07) is 8.17. The van der Waals surface area contributed by atoms with Crippen LogP contribution in [0.4, 0.5) is 18.9 Å². The highest BCUT2D eigenvalue weighted by Crippen LogP contribution is 2.30. The lowest BCUT2D eigenvalue weighted by molar-refractivity contribution is -0.127. The molecule has 0 amide bonds. The third-order valence-corrected chi connectivity index (χ3v) is 4.90. The number of nitrogens with zero attached hydrogens (tertiary/aromatic N) is 4. The number of allylic oxidation sites excluding steroid dienone is 1. The predicted molar refractivity (Wildman–Crippen MR) is 118 cm³/mol. The van der Waals surface area contributed by atoms with Crippen LogP contribution in [-0.2, 0) is 13.0 Å². The first-order valence-corrected chi connectivity index (χ1v) is 10.0. The summed E-state index contributed by atoms with van der Waals surface area (Å²) in [5, 5.41) is 8.81. The smallest absolute Gasteiger partial charge is 0.380 e. The highest BCUT2D eigenvalue weighted by molar-refractivity contribution is 5.92. The molecule has 2 aromatic heterocycles. The van der Waals surface area contributed by atoms with E-state index < -0.39 is 12.6 Å². The van der Waals surface area contributed by atoms with E-state index in [0.29, 0.717) is 23.6 Å². The summed E-state index contributed by atoms with van der Waals surface area (Å²) >= 11 is 0. The van der Waals surface area contributed by atoms with Gasteiger partial charge < -0.3 is 10.2 Å². The third kappa shape index (κ3) is 5.25. The van der Waals surface area contributed by atoms with E-state index in [0.717, 1.165) is 29.7 Å². The largest absolute Gasteiger partial charge is 0.393 e. The molecule has 0 saturated carbocycles. The number of hydrogen-bond donors (Lipinski definition) is 1. The molecule has 0 aliphatic carbocycles. The highest BCUT2D eigenvalue weighted by Gasteiger charge is 2.27. The first-order valence-electron chi connectivity index (χ1n) is 10.0. The molecule has 0 atom stereocenters. The number of halogens is 3. The van der Waals surface area contributed by atoms with Crippen LogP contribution in [0, 0.1) is 0 Å². The number of anilines is 1. The monoisotopic (exact) mass is 429 g/mol. The van der Waals surface area contributed by atoms with Gasteiger partial charge in [-0.05, 0) is 36.3 Å². The second-order valence-electron chi connectivity index (χ2n) is 7.35. The minimum Gasteiger partial charge on any atom is -0.380 e. The maximum atomic E-state index is 12.7. The SMILES string of the molecule is C=CC(=C)NCc1nn(-c2ccc(CC(F)(F)F)cc2)c2nccc(N(C)CCC)c12. The van der Waals surface area contributed by atoms with Crippen LogP contribution in [0.25, 0.3) is 16.7 Å². The normalized spacial score (nSPS) is 11.5. The van der Waals surface area contributed by atoms with Crippen LogP contribution in [0.5, 0.6) is 0 Å². The number of nitrogens with one attached hydrogen (secondary N) is 1. The minimum atomic E-state index is -4.24. The number of rotatable bonds is 9. The lowest BCUT2D eigenvalue weighted by Gasteiger charge is -2.19. The summed E-state index contributed by atoms with van der Waals surface area (Å²) in [6.07, 6.45) is -0.875. The summed E-state index contributed by atoms with van der Waals surface area (Å²) in [6.45, 7) is 11.0. The molecule has 0 unspecified atom stereocenters. The van der Waals surface area contributed by atoms with E-state index >= 15 is 0 Å². The third-order valence-electron chi connectivity index (χ3n) is 4.90. The highest BCUT2D eigenvalue weighted by atomic mass is 19.4. The Morgan fingerprint density at radius 1 is 1.23 bits per heavy atom. The average Bonchev–Trinajstić information content (AvgIpc) is 3.10. The fraction of sp³-hybridized carbons (Fsp3) is 0.304. The minimum absolute atomic E-state index is 0.202. The van der Waals surface area contributed by atoms with Crippen molar-refractivity contribution in [2.75, 3.05) is 18.5 Å². The Bertz CT molecular complexity index is 1070. The molecule has 8 heteroatoms. The van der Waals surface area contributed by atoms with Gasteiger partial charge in [0.2, 0.25) is 0 Å². The first-order chi connectivity index (χ1) is 14.7. The standard InChI is InChI=1S/C23H26F3N5/c1-5-13-30(4)20-11-12-27-22-21(20)19(15-28-16(3)6-2)29-31(22)18-9-7-17(8-10-18)14-23(24,25)26/h6-12,28H,2-3,5,13-15H2,1,4H3. The Kier molecular flexibility index (Phi) is 6.68. The molecule has 0 bridgehead atoms. The summed E-state index contributed by atoms with van der Waals surface area (Å²) in [5.41, 5.74) is 3.92. The van der Waals surface area contributed by atoms with Gasteiger partial charge in [0, 0.05) is 25.5 Å². The van der Waals surface area contributed by atoms with Crippen LogP contribution in [0.3, 0.4) is 0 Å². The maximum absolute atomic E-state index is 12.7. The summed E-state index contributed by atoms with van der Waals surface area (Å²) in [7, 11) is 2.02. The zero-order valence-electron chi connectivity index (χ0n) is 17.7. The second-order valence-corrected chi connectivity index (χ2v) is 7.35. The van der Waals surface area contributed by atoms with Gasteiger partial charge in [0.25, 0.3) is 0 Å². The number of alkyl halides is 3. The van der Waals surface area contributed by atoms with Crippen LogP contribution in [0.15, 0.2) is 61.5 Å². The lowest BCUT2D eigenvalue weighted by Crippen LogP contribution is -2.18. The molecule has 3 aromatic rings. The van der Waals surface area contributed by atoms with Crippen molar-refractivity contribution in [2.24, 2.45) is 0 Å². The fourth-order valence-corrected chi connectivity index (χ4v) is 3.43. The van der Waals surface area contributed by atoms with Gasteiger partial charge in [-0.1, -0.05) is 32.2 Å². The summed E-state index contributed by atoms with van der Waals surface area (Å²) < 4.78 is 39.7. The molecule has 164 valence electrons. The van der Waals surface area contributed by atoms with Crippen molar-refractivity contribution in [3.05, 3.63) is 72.7 Å². The van der Waals surface area contributed by atoms with Crippen molar-refractivity contribution in [3.8, 4) is 5.69 Å². The second kappa shape index (κ2) is 9.24. The van der Waals surface area contributed by atoms with Gasteiger partial charge in [-0.25, -0.2) is 9.67 Å². The molecule has 0 saturated heterocycles. The predicted octanol–water partition coefficient (Wildman–Crippen LogP) is 5.16. The molecule has 0 fully saturated rings. The van der Waals surface area contributed by atoms with Gasteiger partial charge in [0.15, 0.2) is 5.65 Å². The Labute approximate surface area is 179 Å². The van der Waals surface area contributed by atoms with Gasteiger partial charge in [-0.3, -0.25) is 0 Å². The molecule has 1 N–H and O–H groups in total. The van der Waals surface area contributed by atoms with Crippen molar-refractivity contribution in [1.29, 1.82) is 0 Å². The molecule has 5 nitrogen and oxygen atoms in total. The number of hydrogen-bond acceptors (Lipinski definition) is 4.